The fourth-order valence-electron chi connectivity index (χ4n) is 0.877. The fraction of sp³-hybridized carbons (Fsp3) is 0.333. The van der Waals surface area contributed by atoms with Crippen molar-refractivity contribution >= 4 is 17.5 Å². The molecule has 0 atom stereocenters. The SMILES string of the molecule is CC(=O)OCN(C)c1ccc(N)cn1. The summed E-state index contributed by atoms with van der Waals surface area (Å²) in [5, 5.41) is 0. The summed E-state index contributed by atoms with van der Waals surface area (Å²) in [6.45, 7) is 1.55. The largest absolute Gasteiger partial charge is 0.444 e. The molecule has 0 fully saturated rings. The van der Waals surface area contributed by atoms with E-state index in [1.54, 1.807) is 30.3 Å². The lowest BCUT2D eigenvalue weighted by Crippen LogP contribution is -2.23. The monoisotopic (exact) mass is 195 g/mol. The standard InChI is InChI=1S/C9H13N3O2/c1-7(13)14-6-12(2)9-4-3-8(10)5-11-9/h3-5H,6,10H2,1-2H3. The minimum Gasteiger partial charge on any atom is -0.444 e. The highest BCUT2D eigenvalue weighted by Crippen LogP contribution is 2.09. The van der Waals surface area contributed by atoms with Gasteiger partial charge >= 0.3 is 5.97 Å². The minimum absolute atomic E-state index is 0.187. The van der Waals surface area contributed by atoms with Gasteiger partial charge < -0.3 is 15.4 Å². The van der Waals surface area contributed by atoms with Crippen molar-refractivity contribution in [2.45, 2.75) is 6.92 Å². The number of esters is 1. The van der Waals surface area contributed by atoms with Crippen molar-refractivity contribution in [3.8, 4) is 0 Å². The summed E-state index contributed by atoms with van der Waals surface area (Å²) in [6.07, 6.45) is 1.56. The van der Waals surface area contributed by atoms with E-state index in [1.807, 2.05) is 0 Å². The Morgan fingerprint density at radius 1 is 1.64 bits per heavy atom. The van der Waals surface area contributed by atoms with Gasteiger partial charge in [0.05, 0.1) is 11.9 Å². The second kappa shape index (κ2) is 4.45. The Hall–Kier alpha value is -1.78. The average molecular weight is 195 g/mol. The number of carbonyl (C=O) groups excluding carboxylic acids is 1. The third-order valence-electron chi connectivity index (χ3n) is 1.62. The summed E-state index contributed by atoms with van der Waals surface area (Å²) in [4.78, 5) is 16.3. The highest BCUT2D eigenvalue weighted by atomic mass is 16.5. The van der Waals surface area contributed by atoms with Gasteiger partial charge in [0, 0.05) is 14.0 Å². The van der Waals surface area contributed by atoms with Crippen molar-refractivity contribution in [3.05, 3.63) is 18.3 Å². The fourth-order valence-corrected chi connectivity index (χ4v) is 0.877. The lowest BCUT2D eigenvalue weighted by atomic mass is 10.4. The van der Waals surface area contributed by atoms with E-state index in [-0.39, 0.29) is 12.7 Å². The predicted octanol–water partition coefficient (Wildman–Crippen LogP) is 0.621. The van der Waals surface area contributed by atoms with Crippen LogP contribution >= 0.6 is 0 Å². The molecular weight excluding hydrogens is 182 g/mol. The highest BCUT2D eigenvalue weighted by molar-refractivity contribution is 5.66. The van der Waals surface area contributed by atoms with Crippen LogP contribution < -0.4 is 10.6 Å². The number of pyridine rings is 1. The molecule has 0 aliphatic heterocycles. The van der Waals surface area contributed by atoms with Crippen molar-refractivity contribution in [1.29, 1.82) is 0 Å². The number of rotatable bonds is 3. The van der Waals surface area contributed by atoms with E-state index >= 15 is 0 Å². The maximum absolute atomic E-state index is 10.5. The van der Waals surface area contributed by atoms with Gasteiger partial charge in [-0.3, -0.25) is 4.79 Å². The molecule has 1 rings (SSSR count). The first-order valence-corrected chi connectivity index (χ1v) is 4.15. The van der Waals surface area contributed by atoms with Crippen LogP contribution in [-0.4, -0.2) is 24.7 Å². The summed E-state index contributed by atoms with van der Waals surface area (Å²) in [7, 11) is 1.78. The van der Waals surface area contributed by atoms with E-state index in [0.29, 0.717) is 11.5 Å². The zero-order chi connectivity index (χ0) is 10.6. The quantitative estimate of drug-likeness (QED) is 0.565. The lowest BCUT2D eigenvalue weighted by molar-refractivity contribution is -0.140. The minimum atomic E-state index is -0.313. The predicted molar refractivity (Wildman–Crippen MR) is 53.7 cm³/mol. The van der Waals surface area contributed by atoms with Gasteiger partial charge in [0.15, 0.2) is 6.73 Å². The number of aromatic nitrogens is 1. The van der Waals surface area contributed by atoms with E-state index < -0.39 is 0 Å². The number of hydrogen-bond donors (Lipinski definition) is 1. The Morgan fingerprint density at radius 2 is 2.36 bits per heavy atom. The third-order valence-corrected chi connectivity index (χ3v) is 1.62. The molecule has 0 unspecified atom stereocenters. The molecule has 1 heterocycles. The second-order valence-corrected chi connectivity index (χ2v) is 2.91. The van der Waals surface area contributed by atoms with Crippen molar-refractivity contribution in [1.82, 2.24) is 4.98 Å². The van der Waals surface area contributed by atoms with Gasteiger partial charge in [-0.15, -0.1) is 0 Å². The Bertz CT molecular complexity index is 310. The average Bonchev–Trinajstić information content (AvgIpc) is 2.15. The second-order valence-electron chi connectivity index (χ2n) is 2.91. The van der Waals surface area contributed by atoms with Crippen LogP contribution in [0.4, 0.5) is 11.5 Å². The smallest absolute Gasteiger partial charge is 0.304 e. The number of hydrogen-bond acceptors (Lipinski definition) is 5. The van der Waals surface area contributed by atoms with E-state index in [0.717, 1.165) is 0 Å². The van der Waals surface area contributed by atoms with Crippen LogP contribution in [0.25, 0.3) is 0 Å². The van der Waals surface area contributed by atoms with Gasteiger partial charge in [0.25, 0.3) is 0 Å². The molecule has 0 amide bonds. The van der Waals surface area contributed by atoms with E-state index in [4.69, 9.17) is 10.5 Å². The van der Waals surface area contributed by atoms with Crippen LogP contribution in [0.1, 0.15) is 6.92 Å². The maximum atomic E-state index is 10.5. The number of nitrogen functional groups attached to an aromatic ring is 1. The van der Waals surface area contributed by atoms with Crippen LogP contribution in [-0.2, 0) is 9.53 Å². The summed E-state index contributed by atoms with van der Waals surface area (Å²) in [5.74, 6) is 0.396. The number of anilines is 2. The van der Waals surface area contributed by atoms with Gasteiger partial charge in [-0.25, -0.2) is 4.98 Å². The lowest BCUT2D eigenvalue weighted by Gasteiger charge is -2.17. The van der Waals surface area contributed by atoms with Crippen LogP contribution in [0.3, 0.4) is 0 Å². The molecule has 5 heteroatoms. The van der Waals surface area contributed by atoms with Crippen LogP contribution in [0.2, 0.25) is 0 Å². The molecule has 0 aliphatic rings. The molecule has 0 spiro atoms. The summed E-state index contributed by atoms with van der Waals surface area (Å²) >= 11 is 0. The molecule has 14 heavy (non-hydrogen) atoms. The molecular formula is C9H13N3O2. The maximum Gasteiger partial charge on any atom is 0.304 e. The molecule has 0 bridgehead atoms. The van der Waals surface area contributed by atoms with E-state index in [1.165, 1.54) is 6.92 Å². The molecule has 1 aromatic rings. The molecule has 0 radical (unpaired) electrons. The zero-order valence-electron chi connectivity index (χ0n) is 8.23. The molecule has 0 aromatic carbocycles. The first-order valence-electron chi connectivity index (χ1n) is 4.15. The van der Waals surface area contributed by atoms with Crippen molar-refractivity contribution in [2.24, 2.45) is 0 Å². The summed E-state index contributed by atoms with van der Waals surface area (Å²) < 4.78 is 4.80. The zero-order valence-corrected chi connectivity index (χ0v) is 8.23. The van der Waals surface area contributed by atoms with E-state index in [9.17, 15) is 4.79 Å². The van der Waals surface area contributed by atoms with Gasteiger partial charge in [0.1, 0.15) is 5.82 Å². The normalized spacial score (nSPS) is 9.57. The van der Waals surface area contributed by atoms with Crippen LogP contribution in [0.5, 0.6) is 0 Å². The molecule has 5 nitrogen and oxygen atoms in total. The van der Waals surface area contributed by atoms with Crippen LogP contribution in [0, 0.1) is 0 Å². The number of nitrogens with two attached hydrogens (primary N) is 1. The van der Waals surface area contributed by atoms with Crippen molar-refractivity contribution < 1.29 is 9.53 Å². The van der Waals surface area contributed by atoms with Gasteiger partial charge in [-0.2, -0.15) is 0 Å². The van der Waals surface area contributed by atoms with Gasteiger partial charge in [0.2, 0.25) is 0 Å². The number of carbonyl (C=O) groups is 1. The molecule has 76 valence electrons. The molecule has 0 saturated carbocycles. The summed E-state index contributed by atoms with van der Waals surface area (Å²) in [6, 6.07) is 3.51. The van der Waals surface area contributed by atoms with Crippen molar-refractivity contribution in [2.75, 3.05) is 24.4 Å². The molecule has 2 N–H and O–H groups in total. The van der Waals surface area contributed by atoms with E-state index in [2.05, 4.69) is 4.98 Å². The number of nitrogens with zero attached hydrogens (tertiary/aromatic N) is 2. The van der Waals surface area contributed by atoms with Gasteiger partial charge in [-0.05, 0) is 12.1 Å². The molecule has 0 saturated heterocycles. The van der Waals surface area contributed by atoms with Crippen molar-refractivity contribution in [3.63, 3.8) is 0 Å². The Kier molecular flexibility index (Phi) is 3.28. The molecule has 0 aliphatic carbocycles. The molecule has 1 aromatic heterocycles. The first kappa shape index (κ1) is 10.3. The third kappa shape index (κ3) is 2.93. The summed E-state index contributed by atoms with van der Waals surface area (Å²) in [5.41, 5.74) is 6.09. The Morgan fingerprint density at radius 3 is 2.86 bits per heavy atom. The first-order chi connectivity index (χ1) is 6.59. The van der Waals surface area contributed by atoms with Gasteiger partial charge in [-0.1, -0.05) is 0 Å². The highest BCUT2D eigenvalue weighted by Gasteiger charge is 2.02. The van der Waals surface area contributed by atoms with Crippen LogP contribution in [0.15, 0.2) is 18.3 Å². The number of ether oxygens (including phenoxy) is 1. The Balaban J connectivity index is 2.56. The Labute approximate surface area is 82.5 Å². The topological polar surface area (TPSA) is 68.5 Å².